The summed E-state index contributed by atoms with van der Waals surface area (Å²) in [5, 5.41) is 4.71. The summed E-state index contributed by atoms with van der Waals surface area (Å²) in [6.45, 7) is 4.93. The number of nitrogens with one attached hydrogen (secondary N) is 1. The van der Waals surface area contributed by atoms with Gasteiger partial charge in [0.05, 0.1) is 18.4 Å². The third-order valence-corrected chi connectivity index (χ3v) is 4.91. The Kier molecular flexibility index (Phi) is 6.91. The van der Waals surface area contributed by atoms with Gasteiger partial charge in [-0.2, -0.15) is 0 Å². The van der Waals surface area contributed by atoms with Crippen LogP contribution in [0.2, 0.25) is 0 Å². The van der Waals surface area contributed by atoms with Crippen molar-refractivity contribution in [2.75, 3.05) is 32.1 Å². The first-order valence-electron chi connectivity index (χ1n) is 9.95. The quantitative estimate of drug-likeness (QED) is 0.604. The number of amides is 2. The summed E-state index contributed by atoms with van der Waals surface area (Å²) in [7, 11) is 1.55. The Morgan fingerprint density at radius 1 is 0.900 bits per heavy atom. The monoisotopic (exact) mass is 406 g/mol. The fourth-order valence-corrected chi connectivity index (χ4v) is 3.26. The minimum Gasteiger partial charge on any atom is -0.495 e. The molecule has 0 spiro atoms. The second kappa shape index (κ2) is 9.78. The molecule has 0 atom stereocenters. The minimum absolute atomic E-state index is 0.121. The van der Waals surface area contributed by atoms with Crippen LogP contribution >= 0.6 is 0 Å². The summed E-state index contributed by atoms with van der Waals surface area (Å²) < 4.78 is 11.1. The number of fused-ring (bicyclic) bond motifs is 1. The normalized spacial score (nSPS) is 10.5. The van der Waals surface area contributed by atoms with Crippen molar-refractivity contribution in [3.05, 3.63) is 66.2 Å². The Labute approximate surface area is 176 Å². The number of likely N-dealkylation sites (N-methyl/N-ethyl adjacent to an activating group) is 1. The van der Waals surface area contributed by atoms with Crippen molar-refractivity contribution in [3.8, 4) is 11.5 Å². The molecule has 1 N–H and O–H groups in total. The molecule has 3 rings (SSSR count). The molecule has 0 heterocycles. The number of carbonyl (C=O) groups is 2. The molecule has 0 bridgehead atoms. The van der Waals surface area contributed by atoms with E-state index in [1.165, 1.54) is 0 Å². The van der Waals surface area contributed by atoms with Crippen LogP contribution in [0.25, 0.3) is 10.8 Å². The van der Waals surface area contributed by atoms with Gasteiger partial charge in [-0.1, -0.05) is 36.4 Å². The molecule has 156 valence electrons. The van der Waals surface area contributed by atoms with E-state index in [1.807, 2.05) is 50.2 Å². The zero-order valence-electron chi connectivity index (χ0n) is 17.5. The lowest BCUT2D eigenvalue weighted by Crippen LogP contribution is -2.34. The predicted octanol–water partition coefficient (Wildman–Crippen LogP) is 4.35. The predicted molar refractivity (Wildman–Crippen MR) is 118 cm³/mol. The molecule has 30 heavy (non-hydrogen) atoms. The molecule has 0 aliphatic rings. The topological polar surface area (TPSA) is 67.9 Å². The highest BCUT2D eigenvalue weighted by Gasteiger charge is 2.18. The third kappa shape index (κ3) is 4.71. The Hall–Kier alpha value is -3.54. The van der Waals surface area contributed by atoms with Crippen LogP contribution in [0.1, 0.15) is 24.2 Å². The lowest BCUT2D eigenvalue weighted by atomic mass is 10.1. The molecule has 0 saturated carbocycles. The molecular formula is C24H26N2O4. The fourth-order valence-electron chi connectivity index (χ4n) is 3.26. The Balaban J connectivity index is 1.92. The highest BCUT2D eigenvalue weighted by atomic mass is 16.5. The molecule has 0 unspecified atom stereocenters. The van der Waals surface area contributed by atoms with Gasteiger partial charge in [0.2, 0.25) is 0 Å². The van der Waals surface area contributed by atoms with E-state index in [2.05, 4.69) is 5.32 Å². The van der Waals surface area contributed by atoms with Crippen molar-refractivity contribution in [3.63, 3.8) is 0 Å². The number of carbonyl (C=O) groups excluding carboxylic acids is 2. The van der Waals surface area contributed by atoms with E-state index in [0.29, 0.717) is 35.8 Å². The van der Waals surface area contributed by atoms with Crippen molar-refractivity contribution >= 4 is 28.3 Å². The highest BCUT2D eigenvalue weighted by Crippen LogP contribution is 2.29. The molecule has 6 heteroatoms. The van der Waals surface area contributed by atoms with Crippen molar-refractivity contribution < 1.29 is 19.1 Å². The Morgan fingerprint density at radius 3 is 2.20 bits per heavy atom. The van der Waals surface area contributed by atoms with Gasteiger partial charge < -0.3 is 19.7 Å². The van der Waals surface area contributed by atoms with Crippen molar-refractivity contribution in [2.24, 2.45) is 0 Å². The first-order valence-corrected chi connectivity index (χ1v) is 9.95. The molecule has 6 nitrogen and oxygen atoms in total. The molecule has 3 aromatic rings. The Morgan fingerprint density at radius 2 is 1.53 bits per heavy atom. The maximum absolute atomic E-state index is 13.1. The summed E-state index contributed by atoms with van der Waals surface area (Å²) in [6.07, 6.45) is 0. The van der Waals surface area contributed by atoms with E-state index in [9.17, 15) is 9.59 Å². The number of para-hydroxylation sites is 2. The SMILES string of the molecule is CCN(CC)C(=O)COc1cc2ccccc2cc1C(=O)Nc1ccccc1OC. The summed E-state index contributed by atoms with van der Waals surface area (Å²) >= 11 is 0. The molecular weight excluding hydrogens is 380 g/mol. The molecule has 0 aliphatic heterocycles. The summed E-state index contributed by atoms with van der Waals surface area (Å²) in [5.74, 6) is 0.465. The smallest absolute Gasteiger partial charge is 0.260 e. The van der Waals surface area contributed by atoms with Gasteiger partial charge in [0.1, 0.15) is 11.5 Å². The number of benzene rings is 3. The molecule has 0 radical (unpaired) electrons. The van der Waals surface area contributed by atoms with E-state index >= 15 is 0 Å². The van der Waals surface area contributed by atoms with Crippen LogP contribution in [0.15, 0.2) is 60.7 Å². The van der Waals surface area contributed by atoms with E-state index in [4.69, 9.17) is 9.47 Å². The van der Waals surface area contributed by atoms with Gasteiger partial charge in [0.15, 0.2) is 6.61 Å². The van der Waals surface area contributed by atoms with Gasteiger partial charge in [-0.15, -0.1) is 0 Å². The number of ether oxygens (including phenoxy) is 2. The minimum atomic E-state index is -0.337. The first kappa shape index (κ1) is 21.2. The van der Waals surface area contributed by atoms with Gasteiger partial charge in [0, 0.05) is 13.1 Å². The number of hydrogen-bond donors (Lipinski definition) is 1. The van der Waals surface area contributed by atoms with Crippen LogP contribution in [-0.2, 0) is 4.79 Å². The largest absolute Gasteiger partial charge is 0.495 e. The van der Waals surface area contributed by atoms with Crippen molar-refractivity contribution in [1.29, 1.82) is 0 Å². The van der Waals surface area contributed by atoms with Crippen molar-refractivity contribution in [2.45, 2.75) is 13.8 Å². The maximum Gasteiger partial charge on any atom is 0.260 e. The lowest BCUT2D eigenvalue weighted by Gasteiger charge is -2.19. The summed E-state index contributed by atoms with van der Waals surface area (Å²) in [5.41, 5.74) is 0.912. The van der Waals surface area contributed by atoms with Gasteiger partial charge in [-0.25, -0.2) is 0 Å². The molecule has 0 aliphatic carbocycles. The number of anilines is 1. The van der Waals surface area contributed by atoms with E-state index in [1.54, 1.807) is 36.3 Å². The Bertz CT molecular complexity index is 1040. The maximum atomic E-state index is 13.1. The summed E-state index contributed by atoms with van der Waals surface area (Å²) in [6, 6.07) is 18.5. The molecule has 3 aromatic carbocycles. The second-order valence-electron chi connectivity index (χ2n) is 6.70. The number of nitrogens with zero attached hydrogens (tertiary/aromatic N) is 1. The van der Waals surface area contributed by atoms with Crippen LogP contribution in [0.5, 0.6) is 11.5 Å². The zero-order valence-corrected chi connectivity index (χ0v) is 17.5. The van der Waals surface area contributed by atoms with Crippen LogP contribution in [0.3, 0.4) is 0 Å². The molecule has 0 aromatic heterocycles. The van der Waals surface area contributed by atoms with E-state index in [-0.39, 0.29) is 18.4 Å². The van der Waals surface area contributed by atoms with Gasteiger partial charge in [-0.05, 0) is 48.9 Å². The standard InChI is InChI=1S/C24H26N2O4/c1-4-26(5-2)23(27)16-30-22-15-18-11-7-6-10-17(18)14-19(22)24(28)25-20-12-8-9-13-21(20)29-3/h6-15H,4-5,16H2,1-3H3,(H,25,28). The lowest BCUT2D eigenvalue weighted by molar-refractivity contribution is -0.132. The van der Waals surface area contributed by atoms with Crippen LogP contribution in [-0.4, -0.2) is 43.5 Å². The molecule has 2 amide bonds. The van der Waals surface area contributed by atoms with Gasteiger partial charge in [-0.3, -0.25) is 9.59 Å². The van der Waals surface area contributed by atoms with Crippen molar-refractivity contribution in [1.82, 2.24) is 4.90 Å². The van der Waals surface area contributed by atoms with Gasteiger partial charge >= 0.3 is 0 Å². The summed E-state index contributed by atoms with van der Waals surface area (Å²) in [4.78, 5) is 27.2. The zero-order chi connectivity index (χ0) is 21.5. The van der Waals surface area contributed by atoms with Crippen LogP contribution < -0.4 is 14.8 Å². The number of rotatable bonds is 8. The van der Waals surface area contributed by atoms with Crippen LogP contribution in [0, 0.1) is 0 Å². The van der Waals surface area contributed by atoms with Gasteiger partial charge in [0.25, 0.3) is 11.8 Å². The molecule has 0 fully saturated rings. The number of methoxy groups -OCH3 is 1. The highest BCUT2D eigenvalue weighted by molar-refractivity contribution is 6.09. The fraction of sp³-hybridized carbons (Fsp3) is 0.250. The van der Waals surface area contributed by atoms with E-state index < -0.39 is 0 Å². The third-order valence-electron chi connectivity index (χ3n) is 4.91. The number of hydrogen-bond acceptors (Lipinski definition) is 4. The average molecular weight is 406 g/mol. The van der Waals surface area contributed by atoms with Crippen LogP contribution in [0.4, 0.5) is 5.69 Å². The van der Waals surface area contributed by atoms with E-state index in [0.717, 1.165) is 10.8 Å². The average Bonchev–Trinajstić information content (AvgIpc) is 2.78. The molecule has 0 saturated heterocycles. The first-order chi connectivity index (χ1) is 14.6. The second-order valence-corrected chi connectivity index (χ2v) is 6.70.